The highest BCUT2D eigenvalue weighted by Gasteiger charge is 2.36. The lowest BCUT2D eigenvalue weighted by Crippen LogP contribution is -2.35. The zero-order chi connectivity index (χ0) is 14.2. The van der Waals surface area contributed by atoms with E-state index in [0.717, 1.165) is 19.8 Å². The third-order valence-corrected chi connectivity index (χ3v) is 4.01. The van der Waals surface area contributed by atoms with Gasteiger partial charge in [0.2, 0.25) is 31.4 Å². The van der Waals surface area contributed by atoms with Crippen LogP contribution in [0.3, 0.4) is 0 Å². The molecular weight excluding hydrogens is 236 g/mol. The van der Waals surface area contributed by atoms with Crippen molar-refractivity contribution in [1.82, 2.24) is 9.80 Å². The summed E-state index contributed by atoms with van der Waals surface area (Å²) in [5, 5.41) is 0. The summed E-state index contributed by atoms with van der Waals surface area (Å²) in [6.07, 6.45) is 0. The minimum absolute atomic E-state index is 0.529. The quantitative estimate of drug-likeness (QED) is 0.709. The summed E-state index contributed by atoms with van der Waals surface area (Å²) >= 11 is 0. The molecule has 0 spiro atoms. The van der Waals surface area contributed by atoms with Crippen LogP contribution < -0.4 is 0 Å². The molecule has 0 saturated carbocycles. The third kappa shape index (κ3) is 2.77. The first kappa shape index (κ1) is 14.4. The van der Waals surface area contributed by atoms with Crippen LogP contribution >= 0.6 is 0 Å². The summed E-state index contributed by atoms with van der Waals surface area (Å²) in [6, 6.07) is 1.06. The summed E-state index contributed by atoms with van der Waals surface area (Å²) in [5.74, 6) is 2.57. The summed E-state index contributed by atoms with van der Waals surface area (Å²) in [7, 11) is 0. The monoisotopic (exact) mass is 262 g/mol. The fourth-order valence-electron chi connectivity index (χ4n) is 2.65. The molecule has 2 rings (SSSR count). The summed E-state index contributed by atoms with van der Waals surface area (Å²) in [4.78, 5) is 4.73. The van der Waals surface area contributed by atoms with Crippen molar-refractivity contribution in [2.45, 2.75) is 53.6 Å². The number of rotatable bonds is 4. The molecule has 0 amide bonds. The number of hydrogen-bond acceptors (Lipinski definition) is 2. The number of amidine groups is 2. The van der Waals surface area contributed by atoms with E-state index in [-0.39, 0.29) is 0 Å². The SMILES string of the molecule is CC1=[N+](C[N+]2=C(C)N(C(C)C)C[C]2)[C]CN1C(C)C. The molecule has 0 unspecified atom stereocenters. The minimum atomic E-state index is 0.529. The molecule has 0 aromatic carbocycles. The highest BCUT2D eigenvalue weighted by molar-refractivity contribution is 5.77. The molecule has 19 heavy (non-hydrogen) atoms. The zero-order valence-corrected chi connectivity index (χ0v) is 13.1. The van der Waals surface area contributed by atoms with Gasteiger partial charge in [0, 0.05) is 13.8 Å². The first-order chi connectivity index (χ1) is 8.91. The molecule has 104 valence electrons. The number of hydrogen-bond donors (Lipinski definition) is 0. The molecule has 2 heterocycles. The Hall–Kier alpha value is -1.06. The minimum Gasteiger partial charge on any atom is -0.259 e. The average molecular weight is 262 g/mol. The first-order valence-electron chi connectivity index (χ1n) is 7.14. The lowest BCUT2D eigenvalue weighted by atomic mass is 10.3. The van der Waals surface area contributed by atoms with E-state index in [1.54, 1.807) is 0 Å². The second-order valence-electron chi connectivity index (χ2n) is 5.85. The molecule has 0 aliphatic carbocycles. The van der Waals surface area contributed by atoms with Crippen molar-refractivity contribution in [1.29, 1.82) is 0 Å². The van der Waals surface area contributed by atoms with Crippen LogP contribution in [0.1, 0.15) is 41.5 Å². The molecule has 0 atom stereocenters. The van der Waals surface area contributed by atoms with Crippen LogP contribution in [0.5, 0.6) is 0 Å². The summed E-state index contributed by atoms with van der Waals surface area (Å²) in [5.41, 5.74) is 0. The van der Waals surface area contributed by atoms with Crippen molar-refractivity contribution in [3.8, 4) is 0 Å². The Balaban J connectivity index is 2.10. The number of nitrogens with zero attached hydrogens (tertiary/aromatic N) is 4. The Morgan fingerprint density at radius 1 is 0.895 bits per heavy atom. The first-order valence-corrected chi connectivity index (χ1v) is 7.14. The smallest absolute Gasteiger partial charge is 0.250 e. The molecule has 2 aliphatic rings. The van der Waals surface area contributed by atoms with E-state index in [9.17, 15) is 0 Å². The van der Waals surface area contributed by atoms with Crippen LogP contribution in [0.25, 0.3) is 0 Å². The second kappa shape index (κ2) is 5.51. The third-order valence-electron chi connectivity index (χ3n) is 4.01. The molecular formula is C15H26N4+2. The van der Waals surface area contributed by atoms with Gasteiger partial charge in [0.25, 0.3) is 0 Å². The lowest BCUT2D eigenvalue weighted by molar-refractivity contribution is -0.689. The van der Waals surface area contributed by atoms with E-state index in [1.807, 2.05) is 0 Å². The van der Waals surface area contributed by atoms with Crippen LogP contribution in [0, 0.1) is 13.1 Å². The summed E-state index contributed by atoms with van der Waals surface area (Å²) < 4.78 is 4.42. The molecule has 4 heteroatoms. The van der Waals surface area contributed by atoms with Gasteiger partial charge in [-0.15, -0.1) is 0 Å². The van der Waals surface area contributed by atoms with Gasteiger partial charge in [0.05, 0.1) is 12.1 Å². The molecule has 4 radical (unpaired) electrons. The van der Waals surface area contributed by atoms with Gasteiger partial charge in [-0.3, -0.25) is 9.80 Å². The summed E-state index contributed by atoms with van der Waals surface area (Å²) in [6.45, 7) is 22.7. The van der Waals surface area contributed by atoms with E-state index in [0.29, 0.717) is 12.1 Å². The van der Waals surface area contributed by atoms with Gasteiger partial charge < -0.3 is 0 Å². The molecule has 0 N–H and O–H groups in total. The molecule has 0 fully saturated rings. The predicted molar refractivity (Wildman–Crippen MR) is 76.9 cm³/mol. The normalized spacial score (nSPS) is 20.8. The van der Waals surface area contributed by atoms with Gasteiger partial charge >= 0.3 is 0 Å². The Labute approximate surface area is 118 Å². The van der Waals surface area contributed by atoms with Gasteiger partial charge in [-0.25, -0.2) is 9.15 Å². The second-order valence-corrected chi connectivity index (χ2v) is 5.85. The fourth-order valence-corrected chi connectivity index (χ4v) is 2.65. The van der Waals surface area contributed by atoms with Crippen LogP contribution in [0.15, 0.2) is 0 Å². The molecule has 0 aromatic heterocycles. The largest absolute Gasteiger partial charge is 0.259 e. The highest BCUT2D eigenvalue weighted by atomic mass is 15.4. The van der Waals surface area contributed by atoms with Gasteiger partial charge in [0.15, 0.2) is 0 Å². The van der Waals surface area contributed by atoms with E-state index >= 15 is 0 Å². The van der Waals surface area contributed by atoms with Crippen molar-refractivity contribution in [2.75, 3.05) is 19.8 Å². The van der Waals surface area contributed by atoms with Gasteiger partial charge in [-0.05, 0) is 27.7 Å². The Morgan fingerprint density at radius 2 is 1.26 bits per heavy atom. The van der Waals surface area contributed by atoms with Crippen molar-refractivity contribution >= 4 is 11.7 Å². The van der Waals surface area contributed by atoms with Crippen molar-refractivity contribution in [3.63, 3.8) is 0 Å². The molecule has 0 saturated heterocycles. The lowest BCUT2D eigenvalue weighted by Gasteiger charge is -2.14. The van der Waals surface area contributed by atoms with Crippen LogP contribution in [-0.2, 0) is 0 Å². The van der Waals surface area contributed by atoms with Crippen molar-refractivity contribution in [2.24, 2.45) is 0 Å². The topological polar surface area (TPSA) is 12.5 Å². The maximum Gasteiger partial charge on any atom is 0.250 e. The van der Waals surface area contributed by atoms with Gasteiger partial charge in [-0.2, -0.15) is 0 Å². The van der Waals surface area contributed by atoms with Crippen LogP contribution in [0.2, 0.25) is 0 Å². The van der Waals surface area contributed by atoms with E-state index < -0.39 is 0 Å². The van der Waals surface area contributed by atoms with E-state index in [2.05, 4.69) is 73.6 Å². The molecule has 0 aromatic rings. The highest BCUT2D eigenvalue weighted by Crippen LogP contribution is 2.13. The van der Waals surface area contributed by atoms with Crippen LogP contribution in [-0.4, -0.2) is 62.5 Å². The average Bonchev–Trinajstić information content (AvgIpc) is 2.85. The maximum absolute atomic E-state index is 3.44. The zero-order valence-electron chi connectivity index (χ0n) is 13.1. The Morgan fingerprint density at radius 3 is 1.53 bits per heavy atom. The van der Waals surface area contributed by atoms with Crippen molar-refractivity contribution < 1.29 is 9.15 Å². The van der Waals surface area contributed by atoms with Gasteiger partial charge in [-0.1, -0.05) is 0 Å². The molecule has 2 aliphatic heterocycles. The van der Waals surface area contributed by atoms with Gasteiger partial charge in [0.1, 0.15) is 13.1 Å². The maximum atomic E-state index is 3.44. The predicted octanol–water partition coefficient (Wildman–Crippen LogP) is 1.33. The fraction of sp³-hybridized carbons (Fsp3) is 0.733. The van der Waals surface area contributed by atoms with E-state index in [1.165, 1.54) is 11.7 Å². The van der Waals surface area contributed by atoms with Crippen LogP contribution in [0.4, 0.5) is 0 Å². The molecule has 4 nitrogen and oxygen atoms in total. The molecule has 0 bridgehead atoms. The Bertz CT molecular complexity index is 368. The van der Waals surface area contributed by atoms with E-state index in [4.69, 9.17) is 0 Å². The van der Waals surface area contributed by atoms with Crippen molar-refractivity contribution in [3.05, 3.63) is 13.1 Å². The Kier molecular flexibility index (Phi) is 4.16. The standard InChI is InChI=1S/C15H26N4/c1-12(2)18-9-7-16(14(18)5)11-17-8-10-19(13(3)4)15(17)6/h12-13H,9-11H2,1-6H3/q+2.